The van der Waals surface area contributed by atoms with Crippen LogP contribution >= 0.6 is 22.9 Å². The van der Waals surface area contributed by atoms with Gasteiger partial charge in [0.1, 0.15) is 4.88 Å². The highest BCUT2D eigenvalue weighted by Gasteiger charge is 2.36. The molecule has 0 spiro atoms. The van der Waals surface area contributed by atoms with Gasteiger partial charge >= 0.3 is 0 Å². The van der Waals surface area contributed by atoms with Gasteiger partial charge in [-0.1, -0.05) is 0 Å². The molecule has 19 heavy (non-hydrogen) atoms. The van der Waals surface area contributed by atoms with Gasteiger partial charge in [0.2, 0.25) is 0 Å². The van der Waals surface area contributed by atoms with E-state index in [2.05, 4.69) is 4.98 Å². The van der Waals surface area contributed by atoms with Gasteiger partial charge in [0.15, 0.2) is 0 Å². The number of halogens is 1. The van der Waals surface area contributed by atoms with E-state index in [0.717, 1.165) is 15.6 Å². The minimum absolute atomic E-state index is 0.0367. The molecule has 1 atom stereocenters. The second-order valence-electron chi connectivity index (χ2n) is 5.49. The van der Waals surface area contributed by atoms with Crippen molar-refractivity contribution in [2.75, 3.05) is 19.0 Å². The smallest absolute Gasteiger partial charge is 0.266 e. The van der Waals surface area contributed by atoms with E-state index in [9.17, 15) is 4.79 Å². The Kier molecular flexibility index (Phi) is 4.18. The first-order valence-corrected chi connectivity index (χ1v) is 7.64. The molecule has 1 saturated heterocycles. The predicted octanol–water partition coefficient (Wildman–Crippen LogP) is 2.62. The van der Waals surface area contributed by atoms with Gasteiger partial charge in [-0.15, -0.1) is 22.9 Å². The Morgan fingerprint density at radius 1 is 1.58 bits per heavy atom. The number of hydrogen-bond donors (Lipinski definition) is 0. The Labute approximate surface area is 122 Å². The van der Waals surface area contributed by atoms with Crippen LogP contribution in [0.2, 0.25) is 0 Å². The molecule has 0 aliphatic carbocycles. The maximum absolute atomic E-state index is 12.6. The molecule has 1 aliphatic heterocycles. The van der Waals surface area contributed by atoms with Gasteiger partial charge in [0.25, 0.3) is 5.91 Å². The largest absolute Gasteiger partial charge is 0.367 e. The number of aryl methyl sites for hydroxylation is 2. The molecule has 0 saturated carbocycles. The number of amides is 1. The fourth-order valence-corrected chi connectivity index (χ4v) is 3.45. The lowest BCUT2D eigenvalue weighted by Gasteiger charge is -2.42. The van der Waals surface area contributed by atoms with E-state index in [4.69, 9.17) is 16.3 Å². The molecule has 2 heterocycles. The standard InChI is InChI=1S/C13H19ClN2O2S/c1-8-11(19-9(2)15-8)12(17)16-6-10(5-14)18-13(3,4)7-16/h10H,5-7H2,1-4H3. The number of ether oxygens (including phenoxy) is 1. The summed E-state index contributed by atoms with van der Waals surface area (Å²) >= 11 is 7.34. The molecule has 0 bridgehead atoms. The second-order valence-corrected chi connectivity index (χ2v) is 7.00. The summed E-state index contributed by atoms with van der Waals surface area (Å²) in [6.07, 6.45) is -0.108. The van der Waals surface area contributed by atoms with E-state index in [0.29, 0.717) is 19.0 Å². The van der Waals surface area contributed by atoms with Crippen molar-refractivity contribution in [2.45, 2.75) is 39.4 Å². The summed E-state index contributed by atoms with van der Waals surface area (Å²) in [6, 6.07) is 0. The van der Waals surface area contributed by atoms with Crippen molar-refractivity contribution in [3.05, 3.63) is 15.6 Å². The maximum atomic E-state index is 12.6. The molecule has 0 radical (unpaired) electrons. The zero-order valence-electron chi connectivity index (χ0n) is 11.7. The van der Waals surface area contributed by atoms with Crippen LogP contribution in [-0.2, 0) is 4.74 Å². The van der Waals surface area contributed by atoms with Gasteiger partial charge in [0, 0.05) is 13.1 Å². The second kappa shape index (κ2) is 5.38. The van der Waals surface area contributed by atoms with E-state index in [1.807, 2.05) is 32.6 Å². The average Bonchev–Trinajstić information content (AvgIpc) is 2.65. The van der Waals surface area contributed by atoms with E-state index >= 15 is 0 Å². The van der Waals surface area contributed by atoms with Crippen molar-refractivity contribution >= 4 is 28.8 Å². The molecule has 1 aliphatic rings. The van der Waals surface area contributed by atoms with Crippen LogP contribution in [0.1, 0.15) is 34.2 Å². The van der Waals surface area contributed by atoms with Crippen LogP contribution < -0.4 is 0 Å². The minimum Gasteiger partial charge on any atom is -0.367 e. The summed E-state index contributed by atoms with van der Waals surface area (Å²) in [5.74, 6) is 0.433. The van der Waals surface area contributed by atoms with Crippen molar-refractivity contribution in [3.63, 3.8) is 0 Å². The van der Waals surface area contributed by atoms with Gasteiger partial charge < -0.3 is 9.64 Å². The first kappa shape index (κ1) is 14.8. The molecular formula is C13H19ClN2O2S. The molecule has 1 aromatic heterocycles. The van der Waals surface area contributed by atoms with Gasteiger partial charge in [0.05, 0.1) is 28.3 Å². The van der Waals surface area contributed by atoms with Crippen LogP contribution in [-0.4, -0.2) is 46.5 Å². The topological polar surface area (TPSA) is 42.4 Å². The Bertz CT molecular complexity index is 487. The highest BCUT2D eigenvalue weighted by atomic mass is 35.5. The molecule has 1 unspecified atom stereocenters. The fourth-order valence-electron chi connectivity index (χ4n) is 2.40. The average molecular weight is 303 g/mol. The summed E-state index contributed by atoms with van der Waals surface area (Å²) in [5.41, 5.74) is 0.445. The zero-order valence-corrected chi connectivity index (χ0v) is 13.3. The summed E-state index contributed by atoms with van der Waals surface area (Å²) in [5, 5.41) is 0.919. The lowest BCUT2D eigenvalue weighted by atomic mass is 10.1. The third-order valence-corrected chi connectivity index (χ3v) is 4.44. The Morgan fingerprint density at radius 3 is 2.79 bits per heavy atom. The number of aromatic nitrogens is 1. The summed E-state index contributed by atoms with van der Waals surface area (Å²) in [7, 11) is 0. The minimum atomic E-state index is -0.360. The molecule has 6 heteroatoms. The van der Waals surface area contributed by atoms with E-state index in [1.54, 1.807) is 0 Å². The first-order valence-electron chi connectivity index (χ1n) is 6.29. The van der Waals surface area contributed by atoms with Gasteiger partial charge in [-0.05, 0) is 27.7 Å². The fraction of sp³-hybridized carbons (Fsp3) is 0.692. The highest BCUT2D eigenvalue weighted by molar-refractivity contribution is 7.13. The summed E-state index contributed by atoms with van der Waals surface area (Å²) in [6.45, 7) is 8.88. The van der Waals surface area contributed by atoms with Crippen molar-refractivity contribution in [1.82, 2.24) is 9.88 Å². The van der Waals surface area contributed by atoms with Crippen LogP contribution in [0.4, 0.5) is 0 Å². The normalized spacial score (nSPS) is 22.6. The number of hydrogen-bond acceptors (Lipinski definition) is 4. The summed E-state index contributed by atoms with van der Waals surface area (Å²) in [4.78, 5) is 19.5. The Morgan fingerprint density at radius 2 is 2.26 bits per heavy atom. The third-order valence-electron chi connectivity index (χ3n) is 3.04. The molecule has 4 nitrogen and oxygen atoms in total. The molecule has 1 amide bonds. The molecule has 0 N–H and O–H groups in total. The Balaban J connectivity index is 2.21. The van der Waals surface area contributed by atoms with Gasteiger partial charge in [-0.2, -0.15) is 0 Å². The monoisotopic (exact) mass is 302 g/mol. The maximum Gasteiger partial charge on any atom is 0.266 e. The van der Waals surface area contributed by atoms with Crippen LogP contribution in [0.25, 0.3) is 0 Å². The van der Waals surface area contributed by atoms with E-state index in [1.165, 1.54) is 11.3 Å². The van der Waals surface area contributed by atoms with Crippen LogP contribution in [0, 0.1) is 13.8 Å². The lowest BCUT2D eigenvalue weighted by molar-refractivity contribution is -0.117. The van der Waals surface area contributed by atoms with Gasteiger partial charge in [-0.3, -0.25) is 4.79 Å². The SMILES string of the molecule is Cc1nc(C)c(C(=O)N2CC(CCl)OC(C)(C)C2)s1. The molecule has 1 aromatic rings. The van der Waals surface area contributed by atoms with Crippen LogP contribution in [0.15, 0.2) is 0 Å². The highest BCUT2D eigenvalue weighted by Crippen LogP contribution is 2.26. The van der Waals surface area contributed by atoms with Crippen molar-refractivity contribution in [1.29, 1.82) is 0 Å². The predicted molar refractivity (Wildman–Crippen MR) is 77.2 cm³/mol. The number of carbonyl (C=O) groups excluding carboxylic acids is 1. The van der Waals surface area contributed by atoms with Gasteiger partial charge in [-0.25, -0.2) is 4.98 Å². The van der Waals surface area contributed by atoms with Crippen LogP contribution in [0.5, 0.6) is 0 Å². The number of carbonyl (C=O) groups is 1. The van der Waals surface area contributed by atoms with Crippen molar-refractivity contribution in [3.8, 4) is 0 Å². The molecule has 0 aromatic carbocycles. The third kappa shape index (κ3) is 3.27. The van der Waals surface area contributed by atoms with Crippen LogP contribution in [0.3, 0.4) is 0 Å². The number of nitrogens with zero attached hydrogens (tertiary/aromatic N) is 2. The first-order chi connectivity index (χ1) is 8.82. The van der Waals surface area contributed by atoms with E-state index < -0.39 is 0 Å². The number of thiazole rings is 1. The molecule has 106 valence electrons. The molecule has 1 fully saturated rings. The van der Waals surface area contributed by atoms with E-state index in [-0.39, 0.29) is 17.6 Å². The quantitative estimate of drug-likeness (QED) is 0.789. The zero-order chi connectivity index (χ0) is 14.2. The van der Waals surface area contributed by atoms with Crippen molar-refractivity contribution in [2.24, 2.45) is 0 Å². The number of alkyl halides is 1. The molecule has 2 rings (SSSR count). The molecular weight excluding hydrogens is 284 g/mol. The Hall–Kier alpha value is -0.650. The summed E-state index contributed by atoms with van der Waals surface area (Å²) < 4.78 is 5.84. The van der Waals surface area contributed by atoms with Crippen molar-refractivity contribution < 1.29 is 9.53 Å². The lowest BCUT2D eigenvalue weighted by Crippen LogP contribution is -2.55. The number of morpholine rings is 1. The number of rotatable bonds is 2.